The van der Waals surface area contributed by atoms with E-state index < -0.39 is 0 Å². The number of benzene rings is 1. The molecular formula is C14H22FN3. The Hall–Kier alpha value is -1.13. The molecule has 1 aromatic rings. The van der Waals surface area contributed by atoms with Gasteiger partial charge in [0.1, 0.15) is 5.82 Å². The Bertz CT molecular complexity index is 419. The van der Waals surface area contributed by atoms with Crippen molar-refractivity contribution in [2.24, 2.45) is 5.73 Å². The number of hydrogen-bond donors (Lipinski definition) is 1. The van der Waals surface area contributed by atoms with E-state index in [-0.39, 0.29) is 17.4 Å². The summed E-state index contributed by atoms with van der Waals surface area (Å²) in [5.41, 5.74) is 6.76. The zero-order valence-corrected chi connectivity index (χ0v) is 11.4. The molecule has 1 aliphatic rings. The first-order valence-corrected chi connectivity index (χ1v) is 6.37. The van der Waals surface area contributed by atoms with Crippen LogP contribution in [0.4, 0.5) is 10.1 Å². The zero-order valence-electron chi connectivity index (χ0n) is 11.4. The van der Waals surface area contributed by atoms with Crippen molar-refractivity contribution in [3.63, 3.8) is 0 Å². The van der Waals surface area contributed by atoms with Crippen molar-refractivity contribution in [1.82, 2.24) is 4.90 Å². The van der Waals surface area contributed by atoms with Gasteiger partial charge in [0.05, 0.1) is 6.04 Å². The quantitative estimate of drug-likeness (QED) is 0.868. The Balaban J connectivity index is 2.38. The summed E-state index contributed by atoms with van der Waals surface area (Å²) in [7, 11) is 2.10. The largest absolute Gasteiger partial charge is 0.359 e. The van der Waals surface area contributed by atoms with Crippen LogP contribution in [-0.2, 0) is 0 Å². The molecule has 0 bridgehead atoms. The summed E-state index contributed by atoms with van der Waals surface area (Å²) in [6, 6.07) is 7.01. The molecule has 0 saturated carbocycles. The fourth-order valence-corrected chi connectivity index (χ4v) is 3.10. The van der Waals surface area contributed by atoms with Crippen molar-refractivity contribution < 1.29 is 4.39 Å². The van der Waals surface area contributed by atoms with E-state index in [1.54, 1.807) is 12.1 Å². The van der Waals surface area contributed by atoms with Gasteiger partial charge in [-0.05, 0) is 39.1 Å². The van der Waals surface area contributed by atoms with E-state index in [9.17, 15) is 4.39 Å². The van der Waals surface area contributed by atoms with Gasteiger partial charge in [-0.1, -0.05) is 6.07 Å². The minimum atomic E-state index is -0.196. The van der Waals surface area contributed by atoms with Crippen molar-refractivity contribution in [3.8, 4) is 0 Å². The maximum Gasteiger partial charge on any atom is 0.125 e. The molecule has 1 unspecified atom stereocenters. The summed E-state index contributed by atoms with van der Waals surface area (Å²) >= 11 is 0. The van der Waals surface area contributed by atoms with Crippen LogP contribution in [0, 0.1) is 5.82 Å². The lowest BCUT2D eigenvalue weighted by Crippen LogP contribution is -2.65. The van der Waals surface area contributed by atoms with Crippen molar-refractivity contribution in [3.05, 3.63) is 30.1 Å². The molecule has 1 heterocycles. The molecule has 1 fully saturated rings. The number of rotatable bonds is 2. The summed E-state index contributed by atoms with van der Waals surface area (Å²) < 4.78 is 13.4. The summed E-state index contributed by atoms with van der Waals surface area (Å²) in [5.74, 6) is -0.196. The third-order valence-electron chi connectivity index (χ3n) is 3.56. The number of halogens is 1. The Morgan fingerprint density at radius 1 is 1.44 bits per heavy atom. The topological polar surface area (TPSA) is 32.5 Å². The fourth-order valence-electron chi connectivity index (χ4n) is 3.10. The van der Waals surface area contributed by atoms with E-state index in [1.165, 1.54) is 6.07 Å². The van der Waals surface area contributed by atoms with Crippen LogP contribution in [0.5, 0.6) is 0 Å². The summed E-state index contributed by atoms with van der Waals surface area (Å²) in [6.45, 7) is 6.78. The van der Waals surface area contributed by atoms with Gasteiger partial charge in [0.15, 0.2) is 0 Å². The molecule has 4 heteroatoms. The Morgan fingerprint density at radius 3 is 2.78 bits per heavy atom. The van der Waals surface area contributed by atoms with Crippen LogP contribution in [0.3, 0.4) is 0 Å². The molecule has 1 atom stereocenters. The van der Waals surface area contributed by atoms with E-state index in [0.29, 0.717) is 6.54 Å². The molecule has 2 rings (SSSR count). The second-order valence-corrected chi connectivity index (χ2v) is 5.75. The van der Waals surface area contributed by atoms with Crippen molar-refractivity contribution in [2.75, 3.05) is 31.6 Å². The number of anilines is 1. The summed E-state index contributed by atoms with van der Waals surface area (Å²) in [6.07, 6.45) is 0. The molecule has 1 saturated heterocycles. The van der Waals surface area contributed by atoms with Crippen LogP contribution in [0.2, 0.25) is 0 Å². The number of likely N-dealkylation sites (N-methyl/N-ethyl adjacent to an activating group) is 1. The molecule has 0 aliphatic carbocycles. The molecule has 3 nitrogen and oxygen atoms in total. The van der Waals surface area contributed by atoms with Gasteiger partial charge in [0.25, 0.3) is 0 Å². The molecule has 0 spiro atoms. The monoisotopic (exact) mass is 251 g/mol. The van der Waals surface area contributed by atoms with Crippen molar-refractivity contribution in [2.45, 2.75) is 25.4 Å². The smallest absolute Gasteiger partial charge is 0.125 e. The molecule has 1 aliphatic heterocycles. The van der Waals surface area contributed by atoms with E-state index in [4.69, 9.17) is 5.73 Å². The maximum absolute atomic E-state index is 13.4. The Morgan fingerprint density at radius 2 is 2.17 bits per heavy atom. The van der Waals surface area contributed by atoms with Gasteiger partial charge in [0.2, 0.25) is 0 Å². The van der Waals surface area contributed by atoms with E-state index >= 15 is 0 Å². The number of nitrogens with two attached hydrogens (primary N) is 1. The minimum Gasteiger partial charge on any atom is -0.359 e. The highest BCUT2D eigenvalue weighted by molar-refractivity contribution is 5.51. The third-order valence-corrected chi connectivity index (χ3v) is 3.56. The molecule has 0 aromatic heterocycles. The average Bonchev–Trinajstić information content (AvgIpc) is 2.26. The zero-order chi connectivity index (χ0) is 13.3. The first-order valence-electron chi connectivity index (χ1n) is 6.37. The van der Waals surface area contributed by atoms with Crippen LogP contribution >= 0.6 is 0 Å². The van der Waals surface area contributed by atoms with Crippen LogP contribution in [0.15, 0.2) is 24.3 Å². The maximum atomic E-state index is 13.4. The predicted octanol–water partition coefficient (Wildman–Crippen LogP) is 1.68. The van der Waals surface area contributed by atoms with Gasteiger partial charge in [-0.15, -0.1) is 0 Å². The van der Waals surface area contributed by atoms with E-state index in [1.807, 2.05) is 6.07 Å². The summed E-state index contributed by atoms with van der Waals surface area (Å²) in [5, 5.41) is 0. The lowest BCUT2D eigenvalue weighted by atomic mass is 9.94. The molecule has 100 valence electrons. The Labute approximate surface area is 108 Å². The van der Waals surface area contributed by atoms with Crippen molar-refractivity contribution in [1.29, 1.82) is 0 Å². The highest BCUT2D eigenvalue weighted by Gasteiger charge is 2.38. The molecule has 2 N–H and O–H groups in total. The van der Waals surface area contributed by atoms with Gasteiger partial charge >= 0.3 is 0 Å². The van der Waals surface area contributed by atoms with Gasteiger partial charge in [-0.2, -0.15) is 0 Å². The first kappa shape index (κ1) is 13.3. The second kappa shape index (κ2) is 4.86. The third kappa shape index (κ3) is 2.49. The van der Waals surface area contributed by atoms with Crippen LogP contribution < -0.4 is 10.6 Å². The lowest BCUT2D eigenvalue weighted by Gasteiger charge is -2.52. The first-order chi connectivity index (χ1) is 8.44. The van der Waals surface area contributed by atoms with Crippen molar-refractivity contribution >= 4 is 5.69 Å². The number of hydrogen-bond acceptors (Lipinski definition) is 3. The molecule has 18 heavy (non-hydrogen) atoms. The molecule has 0 radical (unpaired) electrons. The standard InChI is InChI=1S/C14H22FN3/c1-14(2)10-17(3)9-13(8-16)18(14)12-6-4-5-11(15)7-12/h4-7,13H,8-10,16H2,1-3H3. The highest BCUT2D eigenvalue weighted by Crippen LogP contribution is 2.31. The lowest BCUT2D eigenvalue weighted by molar-refractivity contribution is 0.182. The predicted molar refractivity (Wildman–Crippen MR) is 73.3 cm³/mol. The van der Waals surface area contributed by atoms with E-state index in [0.717, 1.165) is 18.8 Å². The Kier molecular flexibility index (Phi) is 3.59. The van der Waals surface area contributed by atoms with Gasteiger partial charge < -0.3 is 15.5 Å². The minimum absolute atomic E-state index is 0.0508. The highest BCUT2D eigenvalue weighted by atomic mass is 19.1. The number of nitrogens with zero attached hydrogens (tertiary/aromatic N) is 2. The molecular weight excluding hydrogens is 229 g/mol. The van der Waals surface area contributed by atoms with Crippen LogP contribution in [-0.4, -0.2) is 43.2 Å². The molecule has 1 aromatic carbocycles. The average molecular weight is 251 g/mol. The van der Waals surface area contributed by atoms with E-state index in [2.05, 4.69) is 30.7 Å². The summed E-state index contributed by atoms with van der Waals surface area (Å²) in [4.78, 5) is 4.55. The fraction of sp³-hybridized carbons (Fsp3) is 0.571. The van der Waals surface area contributed by atoms with Gasteiger partial charge in [-0.3, -0.25) is 0 Å². The number of piperazine rings is 1. The van der Waals surface area contributed by atoms with Crippen LogP contribution in [0.1, 0.15) is 13.8 Å². The van der Waals surface area contributed by atoms with Crippen LogP contribution in [0.25, 0.3) is 0 Å². The normalized spacial score (nSPS) is 24.3. The SMILES string of the molecule is CN1CC(CN)N(c2cccc(F)c2)C(C)(C)C1. The second-order valence-electron chi connectivity index (χ2n) is 5.75. The molecule has 0 amide bonds. The van der Waals surface area contributed by atoms with Gasteiger partial charge in [0, 0.05) is 30.9 Å². The van der Waals surface area contributed by atoms with Gasteiger partial charge in [-0.25, -0.2) is 4.39 Å².